The number of aromatic nitrogens is 2. The molecule has 2 rings (SSSR count). The van der Waals surface area contributed by atoms with Crippen molar-refractivity contribution in [3.05, 3.63) is 20.8 Å². The summed E-state index contributed by atoms with van der Waals surface area (Å²) < 4.78 is 1.41. The van der Waals surface area contributed by atoms with E-state index in [2.05, 4.69) is 22.1 Å². The number of likely N-dealkylation sites (tertiary alicyclic amines) is 1. The summed E-state index contributed by atoms with van der Waals surface area (Å²) in [5, 5.41) is 3.11. The molecule has 21 heavy (non-hydrogen) atoms. The van der Waals surface area contributed by atoms with Crippen molar-refractivity contribution in [1.82, 2.24) is 14.5 Å². The maximum absolute atomic E-state index is 11.9. The lowest BCUT2D eigenvalue weighted by Gasteiger charge is -2.24. The molecule has 1 aliphatic heterocycles. The van der Waals surface area contributed by atoms with Crippen molar-refractivity contribution >= 4 is 11.5 Å². The van der Waals surface area contributed by atoms with Crippen LogP contribution < -0.4 is 22.3 Å². The van der Waals surface area contributed by atoms with Gasteiger partial charge in [-0.15, -0.1) is 0 Å². The fourth-order valence-corrected chi connectivity index (χ4v) is 2.77. The third-order valence-corrected chi connectivity index (χ3v) is 4.03. The number of nitrogens with two attached hydrogens (primary N) is 1. The number of rotatable bonds is 6. The van der Waals surface area contributed by atoms with Crippen LogP contribution in [0.25, 0.3) is 0 Å². The molecule has 2 heterocycles. The molecule has 0 radical (unpaired) electrons. The van der Waals surface area contributed by atoms with Crippen molar-refractivity contribution in [2.75, 3.05) is 30.7 Å². The zero-order valence-electron chi connectivity index (χ0n) is 12.8. The minimum atomic E-state index is -0.447. The van der Waals surface area contributed by atoms with Gasteiger partial charge >= 0.3 is 5.69 Å². The molecule has 7 heteroatoms. The molecule has 0 spiro atoms. The Bertz CT molecular complexity index is 586. The molecule has 1 unspecified atom stereocenters. The smallest absolute Gasteiger partial charge is 0.330 e. The number of hydrogen-bond donors (Lipinski definition) is 3. The Kier molecular flexibility index (Phi) is 5.06. The minimum absolute atomic E-state index is 0.222. The van der Waals surface area contributed by atoms with Gasteiger partial charge in [0.05, 0.1) is 0 Å². The molecule has 0 amide bonds. The first-order valence-electron chi connectivity index (χ1n) is 7.65. The van der Waals surface area contributed by atoms with E-state index in [0.717, 1.165) is 19.5 Å². The Morgan fingerprint density at radius 2 is 2.00 bits per heavy atom. The highest BCUT2D eigenvalue weighted by Crippen LogP contribution is 2.14. The van der Waals surface area contributed by atoms with Gasteiger partial charge < -0.3 is 11.1 Å². The van der Waals surface area contributed by atoms with Crippen molar-refractivity contribution in [1.29, 1.82) is 0 Å². The molecule has 0 aromatic carbocycles. The molecule has 1 fully saturated rings. The Morgan fingerprint density at radius 1 is 1.33 bits per heavy atom. The summed E-state index contributed by atoms with van der Waals surface area (Å²) >= 11 is 0. The fraction of sp³-hybridized carbons (Fsp3) is 0.714. The van der Waals surface area contributed by atoms with Crippen LogP contribution in [0.1, 0.15) is 33.1 Å². The SMILES string of the molecule is CCCn1c(N)c(NCC(C)N2CCCC2)c(=O)[nH]c1=O. The number of anilines is 2. The third kappa shape index (κ3) is 3.47. The summed E-state index contributed by atoms with van der Waals surface area (Å²) in [7, 11) is 0. The molecule has 7 nitrogen and oxygen atoms in total. The number of nitrogen functional groups attached to an aromatic ring is 1. The summed E-state index contributed by atoms with van der Waals surface area (Å²) in [5.41, 5.74) is 5.39. The lowest BCUT2D eigenvalue weighted by molar-refractivity contribution is 0.269. The quantitative estimate of drug-likeness (QED) is 0.707. The van der Waals surface area contributed by atoms with Gasteiger partial charge in [-0.3, -0.25) is 19.2 Å². The first-order chi connectivity index (χ1) is 10.0. The van der Waals surface area contributed by atoms with Crippen LogP contribution in [0.2, 0.25) is 0 Å². The molecular weight excluding hydrogens is 270 g/mol. The second-order valence-electron chi connectivity index (χ2n) is 5.64. The lowest BCUT2D eigenvalue weighted by atomic mass is 10.3. The Balaban J connectivity index is 2.13. The average Bonchev–Trinajstić information content (AvgIpc) is 2.97. The molecule has 118 valence electrons. The van der Waals surface area contributed by atoms with E-state index in [-0.39, 0.29) is 5.82 Å². The zero-order valence-corrected chi connectivity index (χ0v) is 12.8. The zero-order chi connectivity index (χ0) is 15.4. The van der Waals surface area contributed by atoms with E-state index in [0.29, 0.717) is 24.8 Å². The second-order valence-corrected chi connectivity index (χ2v) is 5.64. The van der Waals surface area contributed by atoms with E-state index >= 15 is 0 Å². The summed E-state index contributed by atoms with van der Waals surface area (Å²) in [6, 6.07) is 0.331. The van der Waals surface area contributed by atoms with Gasteiger partial charge in [-0.05, 0) is 39.3 Å². The number of nitrogens with one attached hydrogen (secondary N) is 2. The van der Waals surface area contributed by atoms with E-state index in [1.807, 2.05) is 6.92 Å². The van der Waals surface area contributed by atoms with E-state index < -0.39 is 11.2 Å². The molecule has 1 saturated heterocycles. The van der Waals surface area contributed by atoms with E-state index in [9.17, 15) is 9.59 Å². The average molecular weight is 295 g/mol. The van der Waals surface area contributed by atoms with Crippen molar-refractivity contribution in [3.8, 4) is 0 Å². The van der Waals surface area contributed by atoms with Crippen molar-refractivity contribution in [2.24, 2.45) is 0 Å². The Hall–Kier alpha value is -1.76. The third-order valence-electron chi connectivity index (χ3n) is 4.03. The van der Waals surface area contributed by atoms with Crippen LogP contribution in [0, 0.1) is 0 Å². The van der Waals surface area contributed by atoms with Gasteiger partial charge in [-0.1, -0.05) is 6.92 Å². The summed E-state index contributed by atoms with van der Waals surface area (Å²) in [6.45, 7) is 7.42. The molecule has 0 saturated carbocycles. The van der Waals surface area contributed by atoms with Gasteiger partial charge in [0.2, 0.25) is 0 Å². The maximum Gasteiger partial charge on any atom is 0.330 e. The Morgan fingerprint density at radius 3 is 2.62 bits per heavy atom. The van der Waals surface area contributed by atoms with Crippen LogP contribution in [-0.2, 0) is 6.54 Å². The number of aromatic amines is 1. The van der Waals surface area contributed by atoms with Gasteiger partial charge in [0.25, 0.3) is 5.56 Å². The number of H-pyrrole nitrogens is 1. The highest BCUT2D eigenvalue weighted by Gasteiger charge is 2.19. The molecule has 1 atom stereocenters. The van der Waals surface area contributed by atoms with Crippen LogP contribution >= 0.6 is 0 Å². The van der Waals surface area contributed by atoms with Crippen LogP contribution in [0.4, 0.5) is 11.5 Å². The monoisotopic (exact) mass is 295 g/mol. The van der Waals surface area contributed by atoms with Crippen LogP contribution in [0.15, 0.2) is 9.59 Å². The van der Waals surface area contributed by atoms with Crippen molar-refractivity contribution in [2.45, 2.75) is 45.7 Å². The largest absolute Gasteiger partial charge is 0.383 e. The molecular formula is C14H25N5O2. The molecule has 1 aromatic heterocycles. The summed E-state index contributed by atoms with van der Waals surface area (Å²) in [4.78, 5) is 28.4. The summed E-state index contributed by atoms with van der Waals surface area (Å²) in [6.07, 6.45) is 3.24. The lowest BCUT2D eigenvalue weighted by Crippen LogP contribution is -2.38. The van der Waals surface area contributed by atoms with E-state index in [4.69, 9.17) is 5.73 Å². The van der Waals surface area contributed by atoms with Gasteiger partial charge in [0, 0.05) is 19.1 Å². The highest BCUT2D eigenvalue weighted by atomic mass is 16.2. The topological polar surface area (TPSA) is 96.2 Å². The molecule has 1 aromatic rings. The Labute approximate surface area is 124 Å². The fourth-order valence-electron chi connectivity index (χ4n) is 2.77. The highest BCUT2D eigenvalue weighted by molar-refractivity contribution is 5.60. The number of hydrogen-bond acceptors (Lipinski definition) is 5. The van der Waals surface area contributed by atoms with Gasteiger partial charge in [0.15, 0.2) is 0 Å². The van der Waals surface area contributed by atoms with Crippen LogP contribution in [0.3, 0.4) is 0 Å². The first kappa shape index (κ1) is 15.6. The van der Waals surface area contributed by atoms with Gasteiger partial charge in [-0.25, -0.2) is 4.79 Å². The summed E-state index contributed by atoms with van der Waals surface area (Å²) in [5.74, 6) is 0.222. The van der Waals surface area contributed by atoms with E-state index in [1.54, 1.807) is 0 Å². The molecule has 1 aliphatic rings. The maximum atomic E-state index is 11.9. The predicted octanol–water partition coefficient (Wildman–Crippen LogP) is 0.425. The van der Waals surface area contributed by atoms with Crippen molar-refractivity contribution in [3.63, 3.8) is 0 Å². The van der Waals surface area contributed by atoms with Gasteiger partial charge in [0.1, 0.15) is 11.5 Å². The molecule has 4 N–H and O–H groups in total. The second kappa shape index (κ2) is 6.80. The molecule has 0 aliphatic carbocycles. The van der Waals surface area contributed by atoms with E-state index in [1.165, 1.54) is 17.4 Å². The number of nitrogens with zero attached hydrogens (tertiary/aromatic N) is 2. The minimum Gasteiger partial charge on any atom is -0.383 e. The van der Waals surface area contributed by atoms with Crippen LogP contribution in [0.5, 0.6) is 0 Å². The molecule has 0 bridgehead atoms. The standard InChI is InChI=1S/C14H25N5O2/c1-3-6-19-12(15)11(13(20)17-14(19)21)16-9-10(2)18-7-4-5-8-18/h10,16H,3-9,15H2,1-2H3,(H,17,20,21). The first-order valence-corrected chi connectivity index (χ1v) is 7.65. The van der Waals surface area contributed by atoms with Gasteiger partial charge in [-0.2, -0.15) is 0 Å². The van der Waals surface area contributed by atoms with Crippen molar-refractivity contribution < 1.29 is 0 Å². The normalized spacial score (nSPS) is 17.0. The predicted molar refractivity (Wildman–Crippen MR) is 84.8 cm³/mol. The van der Waals surface area contributed by atoms with Crippen LogP contribution in [-0.4, -0.2) is 40.1 Å².